The SMILES string of the molecule is CC(=O)O[C@H]1CC[C@@]2(C)C(=CC[C@H]3[C@@H]4C[C@@H]5O[C@@]6(CC[C@H](C)CN6C(C)=O)[C@H](C)[C@@H]5[C@@]4(C)CC[C@@H]32)C1. The fourth-order valence-corrected chi connectivity index (χ4v) is 10.8. The van der Waals surface area contributed by atoms with Crippen LogP contribution in [0.15, 0.2) is 11.6 Å². The van der Waals surface area contributed by atoms with Gasteiger partial charge in [-0.05, 0) is 91.8 Å². The van der Waals surface area contributed by atoms with Gasteiger partial charge in [0.05, 0.1) is 6.10 Å². The molecular weight excluding hydrogens is 450 g/mol. The van der Waals surface area contributed by atoms with Gasteiger partial charge in [0, 0.05) is 32.7 Å². The Balaban J connectivity index is 1.26. The molecule has 2 aliphatic heterocycles. The molecule has 0 aromatic carbocycles. The van der Waals surface area contributed by atoms with E-state index in [-0.39, 0.29) is 40.6 Å². The Labute approximate surface area is 217 Å². The minimum absolute atomic E-state index is 0.0611. The molecule has 0 unspecified atom stereocenters. The van der Waals surface area contributed by atoms with Gasteiger partial charge in [0.25, 0.3) is 0 Å². The first kappa shape index (κ1) is 24.9. The maximum Gasteiger partial charge on any atom is 0.302 e. The largest absolute Gasteiger partial charge is 0.462 e. The number of carbonyl (C=O) groups excluding carboxylic acids is 2. The van der Waals surface area contributed by atoms with Crippen LogP contribution in [0.3, 0.4) is 0 Å². The van der Waals surface area contributed by atoms with Gasteiger partial charge in [0.1, 0.15) is 11.8 Å². The van der Waals surface area contributed by atoms with Crippen molar-refractivity contribution in [3.05, 3.63) is 11.6 Å². The maximum absolute atomic E-state index is 12.8. The van der Waals surface area contributed by atoms with Gasteiger partial charge in [0.2, 0.25) is 5.91 Å². The third-order valence-corrected chi connectivity index (χ3v) is 12.4. The zero-order valence-corrected chi connectivity index (χ0v) is 23.3. The molecule has 0 N–H and O–H groups in total. The van der Waals surface area contributed by atoms with Gasteiger partial charge < -0.3 is 14.4 Å². The van der Waals surface area contributed by atoms with E-state index in [0.29, 0.717) is 23.7 Å². The number of ether oxygens (including phenoxy) is 2. The van der Waals surface area contributed by atoms with Crippen molar-refractivity contribution in [3.63, 3.8) is 0 Å². The van der Waals surface area contributed by atoms with E-state index >= 15 is 0 Å². The van der Waals surface area contributed by atoms with Crippen LogP contribution in [0.2, 0.25) is 0 Å². The summed E-state index contributed by atoms with van der Waals surface area (Å²) in [5, 5.41) is 0. The second-order valence-electron chi connectivity index (χ2n) is 14.1. The second kappa shape index (κ2) is 8.32. The van der Waals surface area contributed by atoms with Crippen molar-refractivity contribution in [2.24, 2.45) is 46.3 Å². The standard InChI is InChI=1S/C31H47NO4/c1-18-9-14-31(32(17-18)20(3)33)19(2)28-27(36-31)16-26-24-8-7-22-15-23(35-21(4)34)10-12-29(22,5)25(24)11-13-30(26,28)6/h7,18-19,23-28H,8-17H2,1-6H3/t18-,19+,23-,24+,25-,26-,27-,28-,29-,30-,31-/m0/s1. The molecule has 36 heavy (non-hydrogen) atoms. The van der Waals surface area contributed by atoms with Crippen LogP contribution in [0.1, 0.15) is 99.3 Å². The summed E-state index contributed by atoms with van der Waals surface area (Å²) in [4.78, 5) is 26.5. The van der Waals surface area contributed by atoms with Crippen molar-refractivity contribution in [3.8, 4) is 0 Å². The van der Waals surface area contributed by atoms with Crippen molar-refractivity contribution in [1.29, 1.82) is 0 Å². The van der Waals surface area contributed by atoms with Crippen LogP contribution in [0.5, 0.6) is 0 Å². The summed E-state index contributed by atoms with van der Waals surface area (Å²) in [6.45, 7) is 13.9. The molecule has 0 radical (unpaired) electrons. The van der Waals surface area contributed by atoms with Crippen molar-refractivity contribution in [2.45, 2.75) is 117 Å². The molecule has 6 aliphatic rings. The Morgan fingerprint density at radius 2 is 1.83 bits per heavy atom. The van der Waals surface area contributed by atoms with E-state index in [1.807, 2.05) is 0 Å². The van der Waals surface area contributed by atoms with Crippen LogP contribution in [0.4, 0.5) is 0 Å². The average Bonchev–Trinajstić information content (AvgIpc) is 3.26. The molecular formula is C31H47NO4. The van der Waals surface area contributed by atoms with Crippen molar-refractivity contribution in [1.82, 2.24) is 4.90 Å². The molecule has 0 bridgehead atoms. The van der Waals surface area contributed by atoms with Gasteiger partial charge in [-0.2, -0.15) is 0 Å². The lowest BCUT2D eigenvalue weighted by atomic mass is 9.46. The van der Waals surface area contributed by atoms with Gasteiger partial charge in [-0.25, -0.2) is 0 Å². The summed E-state index contributed by atoms with van der Waals surface area (Å²) in [6, 6.07) is 0. The van der Waals surface area contributed by atoms with E-state index in [0.717, 1.165) is 56.9 Å². The number of allylic oxidation sites excluding steroid dienone is 1. The molecule has 2 saturated heterocycles. The zero-order valence-electron chi connectivity index (χ0n) is 23.3. The molecule has 1 amide bonds. The van der Waals surface area contributed by atoms with E-state index in [4.69, 9.17) is 9.47 Å². The highest BCUT2D eigenvalue weighted by atomic mass is 16.5. The van der Waals surface area contributed by atoms with Crippen LogP contribution >= 0.6 is 0 Å². The van der Waals surface area contributed by atoms with E-state index in [1.54, 1.807) is 12.5 Å². The maximum atomic E-state index is 12.8. The van der Waals surface area contributed by atoms with Crippen LogP contribution in [-0.4, -0.2) is 41.3 Å². The Bertz CT molecular complexity index is 976. The molecule has 4 aliphatic carbocycles. The van der Waals surface area contributed by atoms with Gasteiger partial charge in [0.15, 0.2) is 0 Å². The highest BCUT2D eigenvalue weighted by Crippen LogP contribution is 2.70. The highest BCUT2D eigenvalue weighted by molar-refractivity contribution is 5.74. The Morgan fingerprint density at radius 3 is 2.56 bits per heavy atom. The van der Waals surface area contributed by atoms with Gasteiger partial charge >= 0.3 is 5.97 Å². The van der Waals surface area contributed by atoms with Gasteiger partial charge in [-0.3, -0.25) is 9.59 Å². The second-order valence-corrected chi connectivity index (χ2v) is 14.1. The van der Waals surface area contributed by atoms with Crippen molar-refractivity contribution >= 4 is 11.9 Å². The first-order valence-electron chi connectivity index (χ1n) is 14.8. The smallest absolute Gasteiger partial charge is 0.302 e. The lowest BCUT2D eigenvalue weighted by Crippen LogP contribution is -2.60. The summed E-state index contributed by atoms with van der Waals surface area (Å²) in [6.07, 6.45) is 13.0. The molecule has 11 atom stereocenters. The lowest BCUT2D eigenvalue weighted by Gasteiger charge is -2.59. The average molecular weight is 498 g/mol. The summed E-state index contributed by atoms with van der Waals surface area (Å²) >= 11 is 0. The molecule has 6 rings (SSSR count). The van der Waals surface area contributed by atoms with Crippen LogP contribution in [-0.2, 0) is 19.1 Å². The number of esters is 1. The topological polar surface area (TPSA) is 55.8 Å². The van der Waals surface area contributed by atoms with Crippen molar-refractivity contribution in [2.75, 3.05) is 6.54 Å². The summed E-state index contributed by atoms with van der Waals surface area (Å²) < 4.78 is 12.7. The molecule has 200 valence electrons. The van der Waals surface area contributed by atoms with Crippen molar-refractivity contribution < 1.29 is 19.1 Å². The van der Waals surface area contributed by atoms with E-state index in [2.05, 4.69) is 38.7 Å². The van der Waals surface area contributed by atoms with Crippen LogP contribution in [0, 0.1) is 46.3 Å². The molecule has 2 heterocycles. The first-order valence-corrected chi connectivity index (χ1v) is 14.8. The molecule has 3 saturated carbocycles. The zero-order chi connectivity index (χ0) is 25.6. The van der Waals surface area contributed by atoms with Crippen LogP contribution < -0.4 is 0 Å². The number of carbonyl (C=O) groups is 2. The minimum atomic E-state index is -0.390. The fourth-order valence-electron chi connectivity index (χ4n) is 10.8. The van der Waals surface area contributed by atoms with Gasteiger partial charge in [-0.15, -0.1) is 0 Å². The van der Waals surface area contributed by atoms with Gasteiger partial charge in [-0.1, -0.05) is 39.3 Å². The lowest BCUT2D eigenvalue weighted by molar-refractivity contribution is -0.200. The first-order chi connectivity index (χ1) is 17.0. The molecule has 0 aromatic heterocycles. The summed E-state index contributed by atoms with van der Waals surface area (Å²) in [7, 11) is 0. The Kier molecular flexibility index (Phi) is 5.76. The number of nitrogens with zero attached hydrogens (tertiary/aromatic N) is 1. The van der Waals surface area contributed by atoms with Crippen LogP contribution in [0.25, 0.3) is 0 Å². The molecule has 5 nitrogen and oxygen atoms in total. The van der Waals surface area contributed by atoms with E-state index in [9.17, 15) is 9.59 Å². The predicted octanol–water partition coefficient (Wildman–Crippen LogP) is 6.12. The monoisotopic (exact) mass is 497 g/mol. The number of amides is 1. The minimum Gasteiger partial charge on any atom is -0.462 e. The normalized spacial score (nSPS) is 51.6. The number of hydrogen-bond acceptors (Lipinski definition) is 4. The Hall–Kier alpha value is -1.36. The molecule has 0 aromatic rings. The molecule has 5 fully saturated rings. The number of likely N-dealkylation sites (tertiary alicyclic amines) is 1. The fraction of sp³-hybridized carbons (Fsp3) is 0.871. The third kappa shape index (κ3) is 3.36. The predicted molar refractivity (Wildman–Crippen MR) is 139 cm³/mol. The van der Waals surface area contributed by atoms with E-state index < -0.39 is 0 Å². The Morgan fingerprint density at radius 1 is 1.06 bits per heavy atom. The number of rotatable bonds is 1. The third-order valence-electron chi connectivity index (χ3n) is 12.4. The van der Waals surface area contributed by atoms with E-state index in [1.165, 1.54) is 26.2 Å². The quantitative estimate of drug-likeness (QED) is 0.324. The number of fused-ring (bicyclic) bond motifs is 7. The molecule has 5 heteroatoms. The highest BCUT2D eigenvalue weighted by Gasteiger charge is 2.69. The summed E-state index contributed by atoms with van der Waals surface area (Å²) in [5.41, 5.74) is 1.70. The number of hydrogen-bond donors (Lipinski definition) is 0. The molecule has 1 spiro atoms. The summed E-state index contributed by atoms with van der Waals surface area (Å²) in [5.74, 6) is 3.64. The number of piperidine rings is 1.